The lowest BCUT2D eigenvalue weighted by molar-refractivity contribution is -0.148. The summed E-state index contributed by atoms with van der Waals surface area (Å²) in [6.45, 7) is 1.97. The molecule has 0 aromatic heterocycles. The number of amides is 1. The summed E-state index contributed by atoms with van der Waals surface area (Å²) in [5.74, 6) is -0.692. The fourth-order valence-corrected chi connectivity index (χ4v) is 2.57. The maximum absolute atomic E-state index is 12.3. The second-order valence-corrected chi connectivity index (χ2v) is 5.27. The molecule has 2 atom stereocenters. The number of aryl methyl sites for hydroxylation is 1. The summed E-state index contributed by atoms with van der Waals surface area (Å²) < 4.78 is 5.21. The van der Waals surface area contributed by atoms with Crippen LogP contribution in [0.1, 0.15) is 17.5 Å². The van der Waals surface area contributed by atoms with Crippen molar-refractivity contribution in [1.29, 1.82) is 0 Å². The number of carboxylic acid groups (broad SMARTS) is 1. The van der Waals surface area contributed by atoms with Gasteiger partial charge in [0.25, 0.3) is 0 Å². The third-order valence-electron chi connectivity index (χ3n) is 3.71. The van der Waals surface area contributed by atoms with Crippen molar-refractivity contribution in [3.8, 4) is 5.75 Å². The predicted octanol–water partition coefficient (Wildman–Crippen LogP) is 0.593. The van der Waals surface area contributed by atoms with Crippen LogP contribution in [0.4, 0.5) is 0 Å². The molecule has 6 nitrogen and oxygen atoms in total. The molecule has 6 heteroatoms. The second kappa shape index (κ2) is 6.13. The summed E-state index contributed by atoms with van der Waals surface area (Å²) in [6, 6.07) is 4.50. The van der Waals surface area contributed by atoms with E-state index in [4.69, 9.17) is 9.84 Å². The monoisotopic (exact) mass is 293 g/mol. The van der Waals surface area contributed by atoms with Gasteiger partial charge in [-0.15, -0.1) is 0 Å². The van der Waals surface area contributed by atoms with Crippen LogP contribution in [-0.4, -0.2) is 52.8 Å². The molecule has 1 fully saturated rings. The van der Waals surface area contributed by atoms with Gasteiger partial charge >= 0.3 is 5.97 Å². The summed E-state index contributed by atoms with van der Waals surface area (Å²) in [7, 11) is 1.56. The molecule has 0 aliphatic carbocycles. The van der Waals surface area contributed by atoms with Gasteiger partial charge in [-0.05, 0) is 24.1 Å². The molecule has 2 rings (SSSR count). The number of aliphatic hydroxyl groups is 1. The fourth-order valence-electron chi connectivity index (χ4n) is 2.57. The molecule has 1 aliphatic rings. The first-order valence-corrected chi connectivity index (χ1v) is 6.76. The third-order valence-corrected chi connectivity index (χ3v) is 3.71. The van der Waals surface area contributed by atoms with E-state index in [1.54, 1.807) is 13.2 Å². The molecule has 1 saturated heterocycles. The van der Waals surface area contributed by atoms with Crippen molar-refractivity contribution < 1.29 is 24.5 Å². The van der Waals surface area contributed by atoms with Gasteiger partial charge in [-0.1, -0.05) is 12.1 Å². The Morgan fingerprint density at radius 1 is 1.43 bits per heavy atom. The summed E-state index contributed by atoms with van der Waals surface area (Å²) in [5.41, 5.74) is 1.72. The molecule has 0 saturated carbocycles. The van der Waals surface area contributed by atoms with Gasteiger partial charge < -0.3 is 19.8 Å². The van der Waals surface area contributed by atoms with Crippen molar-refractivity contribution in [3.05, 3.63) is 29.3 Å². The van der Waals surface area contributed by atoms with Crippen LogP contribution in [-0.2, 0) is 16.0 Å². The van der Waals surface area contributed by atoms with E-state index in [1.807, 2.05) is 19.1 Å². The maximum Gasteiger partial charge on any atom is 0.326 e. The van der Waals surface area contributed by atoms with E-state index in [9.17, 15) is 14.7 Å². The SMILES string of the molecule is COc1cc(CC(=O)N2CC(O)CC2C(=O)O)ccc1C. The topological polar surface area (TPSA) is 87.1 Å². The summed E-state index contributed by atoms with van der Waals surface area (Å²) in [4.78, 5) is 24.6. The number of aliphatic carboxylic acids is 1. The Morgan fingerprint density at radius 2 is 2.14 bits per heavy atom. The lowest BCUT2D eigenvalue weighted by atomic mass is 10.1. The molecule has 114 valence electrons. The van der Waals surface area contributed by atoms with Gasteiger partial charge in [0.15, 0.2) is 0 Å². The normalized spacial score (nSPS) is 21.4. The van der Waals surface area contributed by atoms with Crippen LogP contribution in [0.25, 0.3) is 0 Å². The van der Waals surface area contributed by atoms with E-state index in [1.165, 1.54) is 4.90 Å². The van der Waals surface area contributed by atoms with Gasteiger partial charge in [-0.25, -0.2) is 4.79 Å². The third kappa shape index (κ3) is 3.33. The van der Waals surface area contributed by atoms with Gasteiger partial charge in [0.2, 0.25) is 5.91 Å². The fraction of sp³-hybridized carbons (Fsp3) is 0.467. The van der Waals surface area contributed by atoms with Crippen LogP contribution in [0.15, 0.2) is 18.2 Å². The van der Waals surface area contributed by atoms with Crippen molar-refractivity contribution in [2.75, 3.05) is 13.7 Å². The van der Waals surface area contributed by atoms with Crippen LogP contribution in [0.3, 0.4) is 0 Å². The van der Waals surface area contributed by atoms with Crippen molar-refractivity contribution in [3.63, 3.8) is 0 Å². The maximum atomic E-state index is 12.3. The van der Waals surface area contributed by atoms with Crippen LogP contribution in [0.5, 0.6) is 5.75 Å². The van der Waals surface area contributed by atoms with Crippen molar-refractivity contribution >= 4 is 11.9 Å². The molecule has 1 aliphatic heterocycles. The molecule has 1 heterocycles. The molecular formula is C15H19NO5. The van der Waals surface area contributed by atoms with E-state index in [2.05, 4.69) is 0 Å². The number of β-amino-alcohol motifs (C(OH)–C–C–N with tert-alkyl or cyclic N) is 1. The number of carbonyl (C=O) groups excluding carboxylic acids is 1. The summed E-state index contributed by atoms with van der Waals surface area (Å²) >= 11 is 0. The number of carboxylic acids is 1. The van der Waals surface area contributed by atoms with E-state index < -0.39 is 18.1 Å². The standard InChI is InChI=1S/C15H19NO5/c1-9-3-4-10(5-13(9)21-2)6-14(18)16-8-11(17)7-12(16)15(19)20/h3-5,11-12,17H,6-8H2,1-2H3,(H,19,20). The van der Waals surface area contributed by atoms with Gasteiger partial charge in [-0.2, -0.15) is 0 Å². The Hall–Kier alpha value is -2.08. The van der Waals surface area contributed by atoms with Crippen LogP contribution >= 0.6 is 0 Å². The minimum absolute atomic E-state index is 0.0683. The minimum Gasteiger partial charge on any atom is -0.496 e. The van der Waals surface area contributed by atoms with Crippen LogP contribution < -0.4 is 4.74 Å². The molecule has 1 aromatic rings. The molecule has 0 spiro atoms. The van der Waals surface area contributed by atoms with Crippen molar-refractivity contribution in [2.24, 2.45) is 0 Å². The molecule has 0 bridgehead atoms. The predicted molar refractivity (Wildman–Crippen MR) is 75.2 cm³/mol. The number of nitrogens with zero attached hydrogens (tertiary/aromatic N) is 1. The van der Waals surface area contributed by atoms with E-state index in [0.717, 1.165) is 11.1 Å². The Kier molecular flexibility index (Phi) is 4.47. The van der Waals surface area contributed by atoms with Crippen molar-refractivity contribution in [2.45, 2.75) is 31.9 Å². The number of carbonyl (C=O) groups is 2. The molecule has 1 aromatic carbocycles. The Bertz CT molecular complexity index is 557. The van der Waals surface area contributed by atoms with Gasteiger partial charge in [0.1, 0.15) is 11.8 Å². The summed E-state index contributed by atoms with van der Waals surface area (Å²) in [5, 5.41) is 18.7. The smallest absolute Gasteiger partial charge is 0.326 e. The highest BCUT2D eigenvalue weighted by molar-refractivity contribution is 5.85. The molecular weight excluding hydrogens is 274 g/mol. The van der Waals surface area contributed by atoms with Gasteiger partial charge in [0, 0.05) is 13.0 Å². The first-order chi connectivity index (χ1) is 9.92. The number of benzene rings is 1. The average Bonchev–Trinajstić information content (AvgIpc) is 2.83. The quantitative estimate of drug-likeness (QED) is 0.848. The first-order valence-electron chi connectivity index (χ1n) is 6.76. The van der Waals surface area contributed by atoms with Crippen molar-refractivity contribution in [1.82, 2.24) is 4.90 Å². The zero-order valence-corrected chi connectivity index (χ0v) is 12.1. The van der Waals surface area contributed by atoms with E-state index in [0.29, 0.717) is 5.75 Å². The highest BCUT2D eigenvalue weighted by Gasteiger charge is 2.38. The zero-order chi connectivity index (χ0) is 15.6. The number of aliphatic hydroxyl groups excluding tert-OH is 1. The number of rotatable bonds is 4. The Labute approximate surface area is 122 Å². The Morgan fingerprint density at radius 3 is 2.76 bits per heavy atom. The van der Waals surface area contributed by atoms with E-state index >= 15 is 0 Å². The minimum atomic E-state index is -1.08. The molecule has 1 amide bonds. The molecule has 0 radical (unpaired) electrons. The van der Waals surface area contributed by atoms with Gasteiger partial charge in [-0.3, -0.25) is 4.79 Å². The molecule has 2 N–H and O–H groups in total. The van der Waals surface area contributed by atoms with E-state index in [-0.39, 0.29) is 25.3 Å². The van der Waals surface area contributed by atoms with Gasteiger partial charge in [0.05, 0.1) is 19.6 Å². The Balaban J connectivity index is 2.12. The van der Waals surface area contributed by atoms with Crippen LogP contribution in [0, 0.1) is 6.92 Å². The van der Waals surface area contributed by atoms with Crippen LogP contribution in [0.2, 0.25) is 0 Å². The zero-order valence-electron chi connectivity index (χ0n) is 12.1. The number of methoxy groups -OCH3 is 1. The molecule has 2 unspecified atom stereocenters. The number of hydrogen-bond donors (Lipinski definition) is 2. The largest absolute Gasteiger partial charge is 0.496 e. The lowest BCUT2D eigenvalue weighted by Gasteiger charge is -2.21. The first kappa shape index (κ1) is 15.3. The highest BCUT2D eigenvalue weighted by Crippen LogP contribution is 2.22. The highest BCUT2D eigenvalue weighted by atomic mass is 16.5. The average molecular weight is 293 g/mol. The number of ether oxygens (including phenoxy) is 1. The number of likely N-dealkylation sites (tertiary alicyclic amines) is 1. The molecule has 21 heavy (non-hydrogen) atoms. The number of hydrogen-bond acceptors (Lipinski definition) is 4. The lowest BCUT2D eigenvalue weighted by Crippen LogP contribution is -2.41. The second-order valence-electron chi connectivity index (χ2n) is 5.27. The summed E-state index contributed by atoms with van der Waals surface area (Å²) in [6.07, 6.45) is -0.603.